The molecule has 0 bridgehead atoms. The number of hydrogen-bond donors (Lipinski definition) is 0. The Morgan fingerprint density at radius 3 is 2.03 bits per heavy atom. The van der Waals surface area contributed by atoms with E-state index in [1.54, 1.807) is 12.1 Å². The molecule has 0 aliphatic heterocycles. The maximum atomic E-state index is 13.3. The molecule has 0 amide bonds. The van der Waals surface area contributed by atoms with Gasteiger partial charge in [-0.05, 0) is 48.6 Å². The van der Waals surface area contributed by atoms with Crippen LogP contribution in [0.25, 0.3) is 0 Å². The molecule has 0 heterocycles. The van der Waals surface area contributed by atoms with Gasteiger partial charge < -0.3 is 9.26 Å². The van der Waals surface area contributed by atoms with Crippen LogP contribution >= 0.6 is 7.37 Å². The van der Waals surface area contributed by atoms with Gasteiger partial charge in [0, 0.05) is 12.3 Å². The first-order valence-corrected chi connectivity index (χ1v) is 12.6. The van der Waals surface area contributed by atoms with Gasteiger partial charge in [0.1, 0.15) is 6.61 Å². The van der Waals surface area contributed by atoms with Crippen LogP contribution in [0.15, 0.2) is 84.9 Å². The molecule has 3 aromatic carbocycles. The summed E-state index contributed by atoms with van der Waals surface area (Å²) in [5.74, 6) is -0.369. The van der Waals surface area contributed by atoms with E-state index in [-0.39, 0.29) is 12.6 Å². The molecule has 1 unspecified atom stereocenters. The zero-order valence-corrected chi connectivity index (χ0v) is 18.8. The van der Waals surface area contributed by atoms with Crippen LogP contribution < -0.4 is 0 Å². The van der Waals surface area contributed by atoms with Crippen molar-refractivity contribution in [3.05, 3.63) is 107 Å². The van der Waals surface area contributed by atoms with Crippen molar-refractivity contribution in [2.75, 3.05) is 12.8 Å². The van der Waals surface area contributed by atoms with E-state index in [2.05, 4.69) is 12.1 Å². The second-order valence-corrected chi connectivity index (χ2v) is 10.1. The smallest absolute Gasteiger partial charge is 0.338 e. The molecule has 0 spiro atoms. The summed E-state index contributed by atoms with van der Waals surface area (Å²) in [5, 5.41) is 0. The van der Waals surface area contributed by atoms with Crippen molar-refractivity contribution >= 4 is 13.3 Å². The Morgan fingerprint density at radius 2 is 1.42 bits per heavy atom. The van der Waals surface area contributed by atoms with Gasteiger partial charge in [-0.1, -0.05) is 72.8 Å². The van der Waals surface area contributed by atoms with Gasteiger partial charge in [-0.15, -0.1) is 0 Å². The van der Waals surface area contributed by atoms with Gasteiger partial charge in [-0.3, -0.25) is 4.57 Å². The van der Waals surface area contributed by atoms with E-state index in [1.165, 1.54) is 5.56 Å². The molecule has 0 radical (unpaired) electrons. The lowest BCUT2D eigenvalue weighted by Crippen LogP contribution is -2.05. The minimum Gasteiger partial charge on any atom is -0.457 e. The molecule has 0 saturated heterocycles. The Morgan fingerprint density at radius 1 is 0.806 bits per heavy atom. The first-order chi connectivity index (χ1) is 15.1. The number of benzene rings is 3. The maximum absolute atomic E-state index is 13.3. The third-order valence-electron chi connectivity index (χ3n) is 5.00. The van der Waals surface area contributed by atoms with Gasteiger partial charge in [-0.25, -0.2) is 4.79 Å². The molecule has 0 aliphatic carbocycles. The highest BCUT2D eigenvalue weighted by Gasteiger charge is 2.23. The Labute approximate surface area is 184 Å². The fraction of sp³-hybridized carbons (Fsp3) is 0.269. The fourth-order valence-electron chi connectivity index (χ4n) is 3.42. The number of ether oxygens (including phenoxy) is 1. The number of carbonyl (C=O) groups excluding carboxylic acids is 1. The largest absolute Gasteiger partial charge is 0.457 e. The predicted molar refractivity (Wildman–Crippen MR) is 125 cm³/mol. The Hall–Kier alpha value is -2.68. The van der Waals surface area contributed by atoms with E-state index in [1.807, 2.05) is 67.6 Å². The van der Waals surface area contributed by atoms with Crippen molar-refractivity contribution in [3.8, 4) is 0 Å². The Bertz CT molecular complexity index is 985. The normalized spacial score (nSPS) is 12.8. The number of aryl methyl sites for hydroxylation is 1. The second-order valence-electron chi connectivity index (χ2n) is 7.46. The molecule has 3 rings (SSSR count). The summed E-state index contributed by atoms with van der Waals surface area (Å²) in [6.45, 7) is 2.53. The third kappa shape index (κ3) is 7.50. The molecule has 0 aliphatic rings. The van der Waals surface area contributed by atoms with Gasteiger partial charge in [0.2, 0.25) is 7.37 Å². The molecule has 0 aromatic heterocycles. The molecular formula is C26H29O4P. The van der Waals surface area contributed by atoms with E-state index >= 15 is 0 Å². The van der Waals surface area contributed by atoms with E-state index in [4.69, 9.17) is 9.26 Å². The maximum Gasteiger partial charge on any atom is 0.338 e. The van der Waals surface area contributed by atoms with Gasteiger partial charge >= 0.3 is 5.97 Å². The highest BCUT2D eigenvalue weighted by molar-refractivity contribution is 7.58. The quantitative estimate of drug-likeness (QED) is 0.255. The summed E-state index contributed by atoms with van der Waals surface area (Å²) in [6.07, 6.45) is 2.60. The minimum absolute atomic E-state index is 0.238. The molecule has 31 heavy (non-hydrogen) atoms. The molecule has 4 nitrogen and oxygen atoms in total. The fourth-order valence-corrected chi connectivity index (χ4v) is 5.68. The first-order valence-electron chi connectivity index (χ1n) is 10.6. The summed E-state index contributed by atoms with van der Waals surface area (Å²) >= 11 is 0. The average molecular weight is 436 g/mol. The Kier molecular flexibility index (Phi) is 8.63. The Balaban J connectivity index is 1.55. The monoisotopic (exact) mass is 436 g/mol. The van der Waals surface area contributed by atoms with Crippen molar-refractivity contribution in [1.82, 2.24) is 0 Å². The third-order valence-corrected chi connectivity index (χ3v) is 7.57. The molecule has 0 fully saturated rings. The summed E-state index contributed by atoms with van der Waals surface area (Å²) in [5.41, 5.74) is 3.57. The van der Waals surface area contributed by atoms with Gasteiger partial charge in [-0.2, -0.15) is 0 Å². The molecular weight excluding hydrogens is 407 g/mol. The SMILES string of the molecule is CCOP(=O)(CCCc1ccccc1)Cc1ccc(C(=O)OCc2ccccc2)cc1. The highest BCUT2D eigenvalue weighted by Crippen LogP contribution is 2.50. The van der Waals surface area contributed by atoms with E-state index in [0.29, 0.717) is 24.5 Å². The predicted octanol–water partition coefficient (Wildman–Crippen LogP) is 6.49. The summed E-state index contributed by atoms with van der Waals surface area (Å²) in [7, 11) is -2.79. The standard InChI is InChI=1S/C26H29O4P/c1-2-30-31(28,19-9-14-22-10-5-3-6-11-22)21-24-15-17-25(18-16-24)26(27)29-20-23-12-7-4-8-13-23/h3-8,10-13,15-18H,2,9,14,19-21H2,1H3. The van der Waals surface area contributed by atoms with Crippen molar-refractivity contribution in [3.63, 3.8) is 0 Å². The van der Waals surface area contributed by atoms with Crippen LogP contribution in [0.4, 0.5) is 0 Å². The van der Waals surface area contributed by atoms with Gasteiger partial charge in [0.15, 0.2) is 0 Å². The van der Waals surface area contributed by atoms with Crippen LogP contribution in [0, 0.1) is 0 Å². The van der Waals surface area contributed by atoms with Crippen LogP contribution in [0.3, 0.4) is 0 Å². The zero-order chi connectivity index (χ0) is 21.9. The highest BCUT2D eigenvalue weighted by atomic mass is 31.2. The van der Waals surface area contributed by atoms with Crippen LogP contribution in [0.5, 0.6) is 0 Å². The van der Waals surface area contributed by atoms with Gasteiger partial charge in [0.25, 0.3) is 0 Å². The molecule has 5 heteroatoms. The lowest BCUT2D eigenvalue weighted by molar-refractivity contribution is 0.0472. The van der Waals surface area contributed by atoms with Crippen LogP contribution in [-0.2, 0) is 33.0 Å². The topological polar surface area (TPSA) is 52.6 Å². The van der Waals surface area contributed by atoms with E-state index < -0.39 is 7.37 Å². The van der Waals surface area contributed by atoms with Crippen molar-refractivity contribution in [1.29, 1.82) is 0 Å². The van der Waals surface area contributed by atoms with Gasteiger partial charge in [0.05, 0.1) is 12.2 Å². The molecule has 0 N–H and O–H groups in total. The summed E-state index contributed by atoms with van der Waals surface area (Å²) in [4.78, 5) is 12.3. The minimum atomic E-state index is -2.79. The van der Waals surface area contributed by atoms with Crippen LogP contribution in [0.2, 0.25) is 0 Å². The number of hydrogen-bond acceptors (Lipinski definition) is 4. The van der Waals surface area contributed by atoms with E-state index in [9.17, 15) is 9.36 Å². The van der Waals surface area contributed by atoms with Crippen LogP contribution in [0.1, 0.15) is 40.4 Å². The average Bonchev–Trinajstić information content (AvgIpc) is 2.79. The number of carbonyl (C=O) groups is 1. The molecule has 0 saturated carbocycles. The first kappa shape index (κ1) is 23.0. The van der Waals surface area contributed by atoms with Crippen molar-refractivity contribution in [2.45, 2.75) is 32.5 Å². The lowest BCUT2D eigenvalue weighted by atomic mass is 10.1. The molecule has 3 aromatic rings. The zero-order valence-electron chi connectivity index (χ0n) is 17.9. The second kappa shape index (κ2) is 11.6. The summed E-state index contributed by atoms with van der Waals surface area (Å²) in [6, 6.07) is 26.9. The lowest BCUT2D eigenvalue weighted by Gasteiger charge is -2.18. The van der Waals surface area contributed by atoms with Crippen molar-refractivity contribution in [2.24, 2.45) is 0 Å². The van der Waals surface area contributed by atoms with Crippen molar-refractivity contribution < 1.29 is 18.6 Å². The van der Waals surface area contributed by atoms with E-state index in [0.717, 1.165) is 24.0 Å². The van der Waals surface area contributed by atoms with Crippen LogP contribution in [-0.4, -0.2) is 18.7 Å². The number of esters is 1. The molecule has 1 atom stereocenters. The molecule has 162 valence electrons. The number of rotatable bonds is 11. The summed E-state index contributed by atoms with van der Waals surface area (Å²) < 4.78 is 24.4.